The first-order valence-corrected chi connectivity index (χ1v) is 24.1. The zero-order chi connectivity index (χ0) is 39.4. The molecule has 0 heterocycles. The van der Waals surface area contributed by atoms with Crippen molar-refractivity contribution in [2.45, 2.75) is 118 Å². The molecule has 310 valence electrons. The summed E-state index contributed by atoms with van der Waals surface area (Å²) in [4.78, 5) is 0. The molecule has 0 aliphatic rings. The lowest BCUT2D eigenvalue weighted by Crippen LogP contribution is -3.00. The fraction of sp³-hybridized carbons (Fsp3) is 0.500. The summed E-state index contributed by atoms with van der Waals surface area (Å²) in [7, 11) is 0.201. The SMILES string of the molecule is CCOc1c(C)cc(CC)cc1C[S+](C)Cc1cc(CCOc2c(C)cc(CC)cc2C[S+](C)Cc2cc(CC)cc(C)c2OCC)cc(C)c1OCC.[Br-].[Br-]. The van der Waals surface area contributed by atoms with Crippen LogP contribution < -0.4 is 52.9 Å². The van der Waals surface area contributed by atoms with Crippen molar-refractivity contribution in [3.05, 3.63) is 115 Å². The van der Waals surface area contributed by atoms with E-state index in [1.165, 1.54) is 66.8 Å². The normalized spacial score (nSPS) is 12.0. The number of halogens is 2. The fourth-order valence-electron chi connectivity index (χ4n) is 7.59. The van der Waals surface area contributed by atoms with E-state index in [1.54, 1.807) is 0 Å². The molecule has 0 spiro atoms. The number of rotatable bonds is 21. The van der Waals surface area contributed by atoms with Crippen LogP contribution >= 0.6 is 0 Å². The van der Waals surface area contributed by atoms with E-state index in [4.69, 9.17) is 18.9 Å². The molecule has 0 bridgehead atoms. The first kappa shape index (κ1) is 49.9. The molecule has 8 heteroatoms. The smallest absolute Gasteiger partial charge is 0.136 e. The topological polar surface area (TPSA) is 36.9 Å². The second-order valence-corrected chi connectivity index (χ2v) is 19.0. The van der Waals surface area contributed by atoms with Gasteiger partial charge in [0.25, 0.3) is 0 Å². The van der Waals surface area contributed by atoms with E-state index in [9.17, 15) is 0 Å². The van der Waals surface area contributed by atoms with Gasteiger partial charge in [-0.1, -0.05) is 45.0 Å². The van der Waals surface area contributed by atoms with Gasteiger partial charge in [0, 0.05) is 28.7 Å². The molecule has 0 aromatic heterocycles. The van der Waals surface area contributed by atoms with Crippen LogP contribution in [0.5, 0.6) is 23.0 Å². The highest BCUT2D eigenvalue weighted by Crippen LogP contribution is 2.34. The lowest BCUT2D eigenvalue weighted by Gasteiger charge is -2.18. The zero-order valence-electron chi connectivity index (χ0n) is 36.3. The Morgan fingerprint density at radius 3 is 0.946 bits per heavy atom. The molecule has 56 heavy (non-hydrogen) atoms. The molecule has 0 radical (unpaired) electrons. The molecule has 0 saturated carbocycles. The van der Waals surface area contributed by atoms with E-state index in [2.05, 4.69) is 130 Å². The summed E-state index contributed by atoms with van der Waals surface area (Å²) >= 11 is 0. The van der Waals surface area contributed by atoms with Crippen molar-refractivity contribution in [3.8, 4) is 23.0 Å². The second kappa shape index (κ2) is 24.6. The molecule has 2 atom stereocenters. The maximum Gasteiger partial charge on any atom is 0.136 e. The Morgan fingerprint density at radius 1 is 0.393 bits per heavy atom. The molecule has 4 aromatic carbocycles. The predicted octanol–water partition coefficient (Wildman–Crippen LogP) is 5.33. The Morgan fingerprint density at radius 2 is 0.661 bits per heavy atom. The van der Waals surface area contributed by atoms with Crippen LogP contribution in [0.2, 0.25) is 0 Å². The molecular formula is C48H68Br2O4S2. The quantitative estimate of drug-likeness (QED) is 0.106. The summed E-state index contributed by atoms with van der Waals surface area (Å²) in [5, 5.41) is 0. The lowest BCUT2D eigenvalue weighted by molar-refractivity contribution is -0.001000. The van der Waals surface area contributed by atoms with Gasteiger partial charge in [0.05, 0.1) is 38.9 Å². The van der Waals surface area contributed by atoms with Gasteiger partial charge in [-0.2, -0.15) is 0 Å². The molecule has 0 aliphatic carbocycles. The summed E-state index contributed by atoms with van der Waals surface area (Å²) < 4.78 is 25.4. The van der Waals surface area contributed by atoms with Crippen LogP contribution in [0.4, 0.5) is 0 Å². The molecule has 2 unspecified atom stereocenters. The minimum Gasteiger partial charge on any atom is -1.00 e. The Kier molecular flexibility index (Phi) is 21.9. The summed E-state index contributed by atoms with van der Waals surface area (Å²) in [6.07, 6.45) is 8.70. The molecule has 4 rings (SSSR count). The van der Waals surface area contributed by atoms with Crippen LogP contribution in [0.1, 0.15) is 108 Å². The van der Waals surface area contributed by atoms with Crippen molar-refractivity contribution in [2.24, 2.45) is 0 Å². The number of ether oxygens (including phenoxy) is 4. The molecule has 4 aromatic rings. The summed E-state index contributed by atoms with van der Waals surface area (Å²) in [5.41, 5.74) is 15.6. The highest BCUT2D eigenvalue weighted by Gasteiger charge is 2.24. The van der Waals surface area contributed by atoms with Gasteiger partial charge in [-0.3, -0.25) is 0 Å². The lowest BCUT2D eigenvalue weighted by atomic mass is 10.0. The predicted molar refractivity (Wildman–Crippen MR) is 237 cm³/mol. The number of hydrogen-bond acceptors (Lipinski definition) is 4. The Hall–Kier alpha value is -2.26. The maximum atomic E-state index is 6.76. The first-order valence-electron chi connectivity index (χ1n) is 20.1. The van der Waals surface area contributed by atoms with Crippen molar-refractivity contribution in [1.29, 1.82) is 0 Å². The minimum absolute atomic E-state index is 0. The average molecular weight is 933 g/mol. The van der Waals surface area contributed by atoms with Crippen LogP contribution in [-0.4, -0.2) is 38.9 Å². The Bertz CT molecular complexity index is 1840. The van der Waals surface area contributed by atoms with E-state index in [1.807, 2.05) is 0 Å². The number of hydrogen-bond donors (Lipinski definition) is 0. The molecule has 0 saturated heterocycles. The van der Waals surface area contributed by atoms with Crippen molar-refractivity contribution in [3.63, 3.8) is 0 Å². The number of aryl methyl sites for hydroxylation is 7. The standard InChI is InChI=1S/C48H68O4S2.2BrH/c1-13-37-21-33(7)45(49-16-4)41(25-37)29-53(11)31-43-27-39(15-3)23-35(9)48(43)52-20-19-40-24-36(10)47(51-18-6)44(28-40)32-54(12)30-42-26-38(14-2)22-34(8)46(42)50-17-5;;/h21-28H,13-20,29-32H2,1-12H3;2*1H/q+2;;/p-2. The van der Waals surface area contributed by atoms with Crippen molar-refractivity contribution < 1.29 is 52.9 Å². The molecule has 4 nitrogen and oxygen atoms in total. The zero-order valence-corrected chi connectivity index (χ0v) is 41.1. The molecule has 0 N–H and O–H groups in total. The third-order valence-electron chi connectivity index (χ3n) is 9.98. The van der Waals surface area contributed by atoms with Crippen LogP contribution in [0.15, 0.2) is 48.5 Å². The molecule has 0 fully saturated rings. The summed E-state index contributed by atoms with van der Waals surface area (Å²) in [5.74, 6) is 8.19. The highest BCUT2D eigenvalue weighted by molar-refractivity contribution is 7.94. The van der Waals surface area contributed by atoms with Gasteiger partial charge >= 0.3 is 0 Å². The van der Waals surface area contributed by atoms with E-state index < -0.39 is 0 Å². The van der Waals surface area contributed by atoms with E-state index in [0.29, 0.717) is 26.4 Å². The maximum absolute atomic E-state index is 6.76. The van der Waals surface area contributed by atoms with E-state index in [-0.39, 0.29) is 55.8 Å². The van der Waals surface area contributed by atoms with Gasteiger partial charge in [0.15, 0.2) is 0 Å². The fourth-order valence-corrected chi connectivity index (χ4v) is 10.8. The molecule has 0 aliphatic heterocycles. The van der Waals surface area contributed by atoms with Gasteiger partial charge in [0.1, 0.15) is 46.0 Å². The molecular weight excluding hydrogens is 864 g/mol. The number of benzene rings is 4. The first-order chi connectivity index (χ1) is 25.9. The highest BCUT2D eigenvalue weighted by atomic mass is 79.9. The van der Waals surface area contributed by atoms with E-state index in [0.717, 1.165) is 71.7 Å². The van der Waals surface area contributed by atoms with Gasteiger partial charge in [0.2, 0.25) is 0 Å². The summed E-state index contributed by atoms with van der Waals surface area (Å²) in [6.45, 7) is 24.4. The van der Waals surface area contributed by atoms with Crippen LogP contribution in [0, 0.1) is 27.7 Å². The third kappa shape index (κ3) is 13.7. The van der Waals surface area contributed by atoms with Gasteiger partial charge in [-0.15, -0.1) is 0 Å². The van der Waals surface area contributed by atoms with Crippen molar-refractivity contribution in [1.82, 2.24) is 0 Å². The molecule has 0 amide bonds. The van der Waals surface area contributed by atoms with Crippen molar-refractivity contribution >= 4 is 21.8 Å². The van der Waals surface area contributed by atoms with E-state index >= 15 is 0 Å². The minimum atomic E-state index is 0. The third-order valence-corrected chi connectivity index (χ3v) is 13.2. The van der Waals surface area contributed by atoms with Crippen molar-refractivity contribution in [2.75, 3.05) is 38.9 Å². The monoisotopic (exact) mass is 930 g/mol. The van der Waals surface area contributed by atoms with Crippen LogP contribution in [0.25, 0.3) is 0 Å². The average Bonchev–Trinajstić information content (AvgIpc) is 3.13. The van der Waals surface area contributed by atoms with Crippen LogP contribution in [0.3, 0.4) is 0 Å². The second-order valence-electron chi connectivity index (χ2n) is 14.7. The Balaban J connectivity index is 0.00000541. The van der Waals surface area contributed by atoms with Gasteiger partial charge in [-0.05, 0) is 158 Å². The summed E-state index contributed by atoms with van der Waals surface area (Å²) in [6, 6.07) is 18.7. The van der Waals surface area contributed by atoms with Gasteiger partial charge < -0.3 is 52.9 Å². The largest absolute Gasteiger partial charge is 1.00 e. The van der Waals surface area contributed by atoms with Crippen LogP contribution in [-0.2, 0) is 70.5 Å². The Labute approximate surface area is 367 Å². The van der Waals surface area contributed by atoms with Gasteiger partial charge in [-0.25, -0.2) is 0 Å².